The molecule has 9 heteroatoms. The number of hydrogen-bond donors (Lipinski definition) is 1. The second kappa shape index (κ2) is 6.62. The summed E-state index contributed by atoms with van der Waals surface area (Å²) in [6.07, 6.45) is 0. The van der Waals surface area contributed by atoms with Crippen LogP contribution in [0.5, 0.6) is 17.2 Å². The molecule has 0 amide bonds. The van der Waals surface area contributed by atoms with Crippen molar-refractivity contribution in [1.29, 1.82) is 0 Å². The topological polar surface area (TPSA) is 73.9 Å². The molecule has 0 unspecified atom stereocenters. The third-order valence-electron chi connectivity index (χ3n) is 3.19. The summed E-state index contributed by atoms with van der Waals surface area (Å²) in [6, 6.07) is 7.21. The first-order chi connectivity index (χ1) is 11.5. The monoisotopic (exact) mass is 357 g/mol. The Balaban J connectivity index is 1.56. The third kappa shape index (κ3) is 3.57. The molecule has 24 heavy (non-hydrogen) atoms. The second-order valence-corrected chi connectivity index (χ2v) is 6.57. The SMILES string of the molecule is O=S(=O)(NCCOc1ccc2c(c1)OCO2)c1ccc(F)cc1F. The quantitative estimate of drug-likeness (QED) is 0.801. The lowest BCUT2D eigenvalue weighted by molar-refractivity contribution is 0.173. The fourth-order valence-corrected chi connectivity index (χ4v) is 3.15. The van der Waals surface area contributed by atoms with Gasteiger partial charge in [0.05, 0.1) is 0 Å². The van der Waals surface area contributed by atoms with Crippen molar-refractivity contribution in [2.24, 2.45) is 0 Å². The smallest absolute Gasteiger partial charge is 0.243 e. The molecule has 0 saturated heterocycles. The lowest BCUT2D eigenvalue weighted by Gasteiger charge is -2.09. The van der Waals surface area contributed by atoms with E-state index in [1.54, 1.807) is 18.2 Å². The molecule has 0 aromatic heterocycles. The molecular weight excluding hydrogens is 344 g/mol. The molecular formula is C15H13F2NO5S. The van der Waals surface area contributed by atoms with E-state index in [2.05, 4.69) is 4.72 Å². The Hall–Kier alpha value is -2.39. The zero-order valence-corrected chi connectivity index (χ0v) is 13.1. The van der Waals surface area contributed by atoms with E-state index in [0.29, 0.717) is 23.3 Å². The third-order valence-corrected chi connectivity index (χ3v) is 4.68. The van der Waals surface area contributed by atoms with E-state index >= 15 is 0 Å². The number of fused-ring (bicyclic) bond motifs is 1. The van der Waals surface area contributed by atoms with Crippen LogP contribution in [0.15, 0.2) is 41.3 Å². The van der Waals surface area contributed by atoms with Crippen molar-refractivity contribution in [2.45, 2.75) is 4.90 Å². The van der Waals surface area contributed by atoms with E-state index in [-0.39, 0.29) is 19.9 Å². The van der Waals surface area contributed by atoms with Crippen molar-refractivity contribution in [2.75, 3.05) is 19.9 Å². The zero-order valence-electron chi connectivity index (χ0n) is 12.3. The molecule has 0 spiro atoms. The molecule has 0 aliphatic carbocycles. The van der Waals surface area contributed by atoms with E-state index in [1.807, 2.05) is 0 Å². The summed E-state index contributed by atoms with van der Waals surface area (Å²) in [7, 11) is -4.09. The van der Waals surface area contributed by atoms with Crippen LogP contribution < -0.4 is 18.9 Å². The normalized spacial score (nSPS) is 13.1. The Labute approximate surface area is 137 Å². The molecule has 1 heterocycles. The van der Waals surface area contributed by atoms with Crippen molar-refractivity contribution in [1.82, 2.24) is 4.72 Å². The Bertz CT molecular complexity index is 857. The van der Waals surface area contributed by atoms with Crippen LogP contribution in [0.2, 0.25) is 0 Å². The highest BCUT2D eigenvalue weighted by molar-refractivity contribution is 7.89. The Morgan fingerprint density at radius 3 is 2.67 bits per heavy atom. The van der Waals surface area contributed by atoms with Gasteiger partial charge in [0.1, 0.15) is 28.9 Å². The summed E-state index contributed by atoms with van der Waals surface area (Å²) in [5.41, 5.74) is 0. The van der Waals surface area contributed by atoms with Gasteiger partial charge in [-0.2, -0.15) is 0 Å². The van der Waals surface area contributed by atoms with Gasteiger partial charge in [-0.3, -0.25) is 0 Å². The van der Waals surface area contributed by atoms with Crippen LogP contribution in [0.3, 0.4) is 0 Å². The van der Waals surface area contributed by atoms with Crippen LogP contribution in [0, 0.1) is 11.6 Å². The van der Waals surface area contributed by atoms with Crippen molar-refractivity contribution < 1.29 is 31.4 Å². The highest BCUT2D eigenvalue weighted by Gasteiger charge is 2.19. The minimum atomic E-state index is -4.09. The average Bonchev–Trinajstić information content (AvgIpc) is 2.99. The van der Waals surface area contributed by atoms with Crippen LogP contribution in [0.1, 0.15) is 0 Å². The van der Waals surface area contributed by atoms with Gasteiger partial charge in [0.15, 0.2) is 11.5 Å². The summed E-state index contributed by atoms with van der Waals surface area (Å²) in [6.45, 7) is 0.0666. The van der Waals surface area contributed by atoms with E-state index in [4.69, 9.17) is 14.2 Å². The maximum absolute atomic E-state index is 13.5. The zero-order chi connectivity index (χ0) is 17.2. The highest BCUT2D eigenvalue weighted by atomic mass is 32.2. The minimum Gasteiger partial charge on any atom is -0.492 e. The standard InChI is InChI=1S/C15H13F2NO5S/c16-10-1-4-15(12(17)7-10)24(19,20)18-5-6-21-11-2-3-13-14(8-11)23-9-22-13/h1-4,7-8,18H,5-6,9H2. The Kier molecular flexibility index (Phi) is 4.54. The summed E-state index contributed by atoms with van der Waals surface area (Å²) < 4.78 is 68.2. The minimum absolute atomic E-state index is 0.0156. The predicted octanol–water partition coefficient (Wildman–Crippen LogP) is 2.05. The molecule has 1 aliphatic heterocycles. The highest BCUT2D eigenvalue weighted by Crippen LogP contribution is 2.34. The fourth-order valence-electron chi connectivity index (χ4n) is 2.08. The largest absolute Gasteiger partial charge is 0.492 e. The van der Waals surface area contributed by atoms with Crippen LogP contribution in [0.25, 0.3) is 0 Å². The molecule has 128 valence electrons. The number of nitrogens with one attached hydrogen (secondary N) is 1. The molecule has 0 radical (unpaired) electrons. The molecule has 3 rings (SSSR count). The van der Waals surface area contributed by atoms with Crippen LogP contribution >= 0.6 is 0 Å². The number of benzene rings is 2. The summed E-state index contributed by atoms with van der Waals surface area (Å²) >= 11 is 0. The second-order valence-electron chi connectivity index (χ2n) is 4.84. The first-order valence-corrected chi connectivity index (χ1v) is 8.41. The molecule has 2 aromatic rings. The number of sulfonamides is 1. The maximum atomic E-state index is 13.5. The predicted molar refractivity (Wildman–Crippen MR) is 79.6 cm³/mol. The van der Waals surface area contributed by atoms with Gasteiger partial charge >= 0.3 is 0 Å². The Morgan fingerprint density at radius 2 is 1.88 bits per heavy atom. The molecule has 2 aromatic carbocycles. The van der Waals surface area contributed by atoms with Gasteiger partial charge in [0.25, 0.3) is 0 Å². The van der Waals surface area contributed by atoms with E-state index in [1.165, 1.54) is 0 Å². The van der Waals surface area contributed by atoms with Gasteiger partial charge in [0, 0.05) is 18.7 Å². The molecule has 0 bridgehead atoms. The van der Waals surface area contributed by atoms with Gasteiger partial charge in [-0.1, -0.05) is 0 Å². The van der Waals surface area contributed by atoms with Gasteiger partial charge in [-0.05, 0) is 24.3 Å². The molecule has 1 aliphatic rings. The number of hydrogen-bond acceptors (Lipinski definition) is 5. The van der Waals surface area contributed by atoms with E-state index in [0.717, 1.165) is 12.1 Å². The number of ether oxygens (including phenoxy) is 3. The van der Waals surface area contributed by atoms with E-state index in [9.17, 15) is 17.2 Å². The van der Waals surface area contributed by atoms with Gasteiger partial charge < -0.3 is 14.2 Å². The van der Waals surface area contributed by atoms with Crippen LogP contribution in [-0.2, 0) is 10.0 Å². The van der Waals surface area contributed by atoms with E-state index < -0.39 is 26.6 Å². The fraction of sp³-hybridized carbons (Fsp3) is 0.200. The lowest BCUT2D eigenvalue weighted by Crippen LogP contribution is -2.29. The molecule has 1 N–H and O–H groups in total. The first kappa shape index (κ1) is 16.5. The maximum Gasteiger partial charge on any atom is 0.243 e. The average molecular weight is 357 g/mol. The summed E-state index contributed by atoms with van der Waals surface area (Å²) in [5.74, 6) is -0.375. The van der Waals surface area contributed by atoms with Gasteiger partial charge in [0.2, 0.25) is 16.8 Å². The van der Waals surface area contributed by atoms with Gasteiger partial charge in [-0.15, -0.1) is 0 Å². The van der Waals surface area contributed by atoms with Crippen molar-refractivity contribution in [3.05, 3.63) is 48.0 Å². The molecule has 0 fully saturated rings. The molecule has 0 saturated carbocycles. The van der Waals surface area contributed by atoms with Crippen molar-refractivity contribution in [3.63, 3.8) is 0 Å². The van der Waals surface area contributed by atoms with Gasteiger partial charge in [-0.25, -0.2) is 21.9 Å². The summed E-state index contributed by atoms with van der Waals surface area (Å²) in [5, 5.41) is 0. The number of halogens is 2. The van der Waals surface area contributed by atoms with Crippen LogP contribution in [0.4, 0.5) is 8.78 Å². The number of rotatable bonds is 6. The first-order valence-electron chi connectivity index (χ1n) is 6.93. The Morgan fingerprint density at radius 1 is 1.08 bits per heavy atom. The lowest BCUT2D eigenvalue weighted by atomic mass is 10.3. The van der Waals surface area contributed by atoms with Crippen molar-refractivity contribution >= 4 is 10.0 Å². The van der Waals surface area contributed by atoms with Crippen LogP contribution in [-0.4, -0.2) is 28.4 Å². The molecule has 6 nitrogen and oxygen atoms in total. The van der Waals surface area contributed by atoms with Crippen molar-refractivity contribution in [3.8, 4) is 17.2 Å². The summed E-state index contributed by atoms with van der Waals surface area (Å²) in [4.78, 5) is -0.619. The molecule has 0 atom stereocenters.